The molecular weight excluding hydrogens is 390 g/mol. The van der Waals surface area contributed by atoms with Gasteiger partial charge in [0.1, 0.15) is 0 Å². The van der Waals surface area contributed by atoms with Gasteiger partial charge >= 0.3 is 6.61 Å². The Hall–Kier alpha value is -3.14. The minimum atomic E-state index is -3.13. The fourth-order valence-electron chi connectivity index (χ4n) is 2.95. The molecular formula is C19H20F2N2O6. The molecule has 10 heteroatoms. The fourth-order valence-corrected chi connectivity index (χ4v) is 2.95. The zero-order chi connectivity index (χ0) is 21.2. The van der Waals surface area contributed by atoms with Crippen molar-refractivity contribution in [2.45, 2.75) is 32.5 Å². The second kappa shape index (κ2) is 8.08. The van der Waals surface area contributed by atoms with Crippen LogP contribution in [-0.4, -0.2) is 25.4 Å². The summed E-state index contributed by atoms with van der Waals surface area (Å²) in [6, 6.07) is 7.76. The molecule has 0 amide bonds. The number of hydrogen-bond acceptors (Lipinski definition) is 7. The summed E-state index contributed by atoms with van der Waals surface area (Å²) in [6.45, 7) is 0.927. The van der Waals surface area contributed by atoms with Crippen LogP contribution in [0.3, 0.4) is 0 Å². The van der Waals surface area contributed by atoms with E-state index in [1.807, 2.05) is 26.0 Å². The highest BCUT2D eigenvalue weighted by Gasteiger charge is 2.26. The number of alkyl halides is 2. The Labute approximate surface area is 165 Å². The van der Waals surface area contributed by atoms with Gasteiger partial charge in [-0.3, -0.25) is 10.1 Å². The van der Waals surface area contributed by atoms with Crippen LogP contribution in [0.1, 0.15) is 25.0 Å². The van der Waals surface area contributed by atoms with E-state index in [1.54, 1.807) is 6.07 Å². The maximum Gasteiger partial charge on any atom is 0.387 e. The van der Waals surface area contributed by atoms with Crippen LogP contribution in [0.2, 0.25) is 0 Å². The third-order valence-electron chi connectivity index (χ3n) is 4.59. The monoisotopic (exact) mass is 410 g/mol. The first-order valence-electron chi connectivity index (χ1n) is 8.66. The molecule has 0 fully saturated rings. The smallest absolute Gasteiger partial charge is 0.387 e. The molecule has 1 N–H and O–H groups in total. The van der Waals surface area contributed by atoms with Crippen molar-refractivity contribution in [2.75, 3.05) is 13.9 Å². The van der Waals surface area contributed by atoms with Gasteiger partial charge in [-0.2, -0.15) is 8.78 Å². The van der Waals surface area contributed by atoms with Gasteiger partial charge in [-0.15, -0.1) is 0 Å². The predicted octanol–water partition coefficient (Wildman–Crippen LogP) is 3.96. The van der Waals surface area contributed by atoms with Crippen molar-refractivity contribution in [2.24, 2.45) is 0 Å². The Morgan fingerprint density at radius 3 is 2.59 bits per heavy atom. The van der Waals surface area contributed by atoms with E-state index in [1.165, 1.54) is 13.2 Å². The predicted molar refractivity (Wildman–Crippen MR) is 98.7 cm³/mol. The molecule has 156 valence electrons. The molecule has 3 rings (SSSR count). The minimum absolute atomic E-state index is 0.0198. The highest BCUT2D eigenvalue weighted by Crippen LogP contribution is 2.38. The largest absolute Gasteiger partial charge is 0.493 e. The normalized spacial score (nSPS) is 12.9. The Kier molecular flexibility index (Phi) is 5.73. The highest BCUT2D eigenvalue weighted by atomic mass is 19.3. The number of halogens is 2. The summed E-state index contributed by atoms with van der Waals surface area (Å²) in [4.78, 5) is 10.8. The quantitative estimate of drug-likeness (QED) is 0.520. The molecule has 0 radical (unpaired) electrons. The van der Waals surface area contributed by atoms with Crippen LogP contribution in [0.25, 0.3) is 0 Å². The average Bonchev–Trinajstić information content (AvgIpc) is 3.14. The van der Waals surface area contributed by atoms with E-state index in [0.717, 1.165) is 11.6 Å². The van der Waals surface area contributed by atoms with Crippen LogP contribution in [0.4, 0.5) is 14.5 Å². The number of nitro groups is 1. The van der Waals surface area contributed by atoms with E-state index in [4.69, 9.17) is 14.2 Å². The maximum absolute atomic E-state index is 12.6. The second-order valence-corrected chi connectivity index (χ2v) is 6.81. The number of rotatable bonds is 8. The van der Waals surface area contributed by atoms with Gasteiger partial charge < -0.3 is 24.3 Å². The first-order chi connectivity index (χ1) is 13.7. The molecule has 0 aliphatic carbocycles. The lowest BCUT2D eigenvalue weighted by molar-refractivity contribution is -0.385. The minimum Gasteiger partial charge on any atom is -0.493 e. The highest BCUT2D eigenvalue weighted by molar-refractivity contribution is 5.54. The summed E-state index contributed by atoms with van der Waals surface area (Å²) >= 11 is 0. The topological polar surface area (TPSA) is 92.1 Å². The molecule has 0 spiro atoms. The first kappa shape index (κ1) is 20.6. The molecule has 0 aromatic heterocycles. The fraction of sp³-hybridized carbons (Fsp3) is 0.368. The molecule has 2 aromatic rings. The average molecular weight is 410 g/mol. The van der Waals surface area contributed by atoms with E-state index in [0.29, 0.717) is 11.5 Å². The lowest BCUT2D eigenvalue weighted by Crippen LogP contribution is -2.36. The molecule has 0 saturated heterocycles. The van der Waals surface area contributed by atoms with Crippen molar-refractivity contribution in [3.8, 4) is 23.0 Å². The Balaban J connectivity index is 1.85. The Morgan fingerprint density at radius 2 is 1.93 bits per heavy atom. The Morgan fingerprint density at radius 1 is 1.21 bits per heavy atom. The van der Waals surface area contributed by atoms with E-state index in [-0.39, 0.29) is 30.3 Å². The summed E-state index contributed by atoms with van der Waals surface area (Å²) in [5.41, 5.74) is 0.215. The van der Waals surface area contributed by atoms with Gasteiger partial charge in [0.05, 0.1) is 18.1 Å². The number of nitrogens with zero attached hydrogens (tertiary/aromatic N) is 1. The van der Waals surface area contributed by atoms with Crippen LogP contribution < -0.4 is 24.3 Å². The van der Waals surface area contributed by atoms with Crippen LogP contribution in [-0.2, 0) is 12.1 Å². The number of ether oxygens (including phenoxy) is 4. The lowest BCUT2D eigenvalue weighted by Gasteiger charge is -2.27. The second-order valence-electron chi connectivity index (χ2n) is 6.81. The molecule has 1 aliphatic heterocycles. The first-order valence-corrected chi connectivity index (χ1v) is 8.66. The number of nitrogens with one attached hydrogen (secondary N) is 1. The van der Waals surface area contributed by atoms with Gasteiger partial charge in [-0.25, -0.2) is 0 Å². The van der Waals surface area contributed by atoms with Crippen molar-refractivity contribution in [3.63, 3.8) is 0 Å². The molecule has 2 aromatic carbocycles. The molecule has 8 nitrogen and oxygen atoms in total. The molecule has 0 unspecified atom stereocenters. The molecule has 0 atom stereocenters. The zero-order valence-corrected chi connectivity index (χ0v) is 16.0. The molecule has 29 heavy (non-hydrogen) atoms. The van der Waals surface area contributed by atoms with E-state index < -0.39 is 22.8 Å². The van der Waals surface area contributed by atoms with Crippen LogP contribution >= 0.6 is 0 Å². The summed E-state index contributed by atoms with van der Waals surface area (Å²) in [5, 5.41) is 14.7. The third kappa shape index (κ3) is 4.48. The number of methoxy groups -OCH3 is 1. The number of fused-ring (bicyclic) bond motifs is 1. The van der Waals surface area contributed by atoms with Crippen molar-refractivity contribution in [1.82, 2.24) is 5.32 Å². The molecule has 0 saturated carbocycles. The van der Waals surface area contributed by atoms with Crippen LogP contribution in [0.5, 0.6) is 23.0 Å². The van der Waals surface area contributed by atoms with Gasteiger partial charge in [-0.05, 0) is 37.6 Å². The molecule has 1 heterocycles. The van der Waals surface area contributed by atoms with Crippen molar-refractivity contribution in [1.29, 1.82) is 0 Å². The number of benzene rings is 2. The summed E-state index contributed by atoms with van der Waals surface area (Å²) in [6.07, 6.45) is 0. The van der Waals surface area contributed by atoms with Crippen molar-refractivity contribution in [3.05, 3.63) is 51.6 Å². The van der Waals surface area contributed by atoms with Gasteiger partial charge in [0.15, 0.2) is 23.0 Å². The Bertz CT molecular complexity index is 920. The number of hydrogen-bond donors (Lipinski definition) is 1. The third-order valence-corrected chi connectivity index (χ3v) is 4.59. The van der Waals surface area contributed by atoms with Gasteiger partial charge in [0.25, 0.3) is 5.69 Å². The molecule has 1 aliphatic rings. The summed E-state index contributed by atoms with van der Waals surface area (Å²) in [5.74, 6) is 0.861. The van der Waals surface area contributed by atoms with Crippen LogP contribution in [0.15, 0.2) is 30.3 Å². The van der Waals surface area contributed by atoms with Gasteiger partial charge in [0, 0.05) is 17.6 Å². The summed E-state index contributed by atoms with van der Waals surface area (Å²) in [7, 11) is 1.27. The van der Waals surface area contributed by atoms with E-state index >= 15 is 0 Å². The zero-order valence-electron chi connectivity index (χ0n) is 16.0. The maximum atomic E-state index is 12.6. The summed E-state index contributed by atoms with van der Waals surface area (Å²) < 4.78 is 45.2. The van der Waals surface area contributed by atoms with E-state index in [2.05, 4.69) is 10.1 Å². The SMILES string of the molecule is COc1cc(CNC(C)(C)c2ccc3c(c2)OCO3)c([N+](=O)[O-])cc1OC(F)F. The van der Waals surface area contributed by atoms with Crippen molar-refractivity contribution >= 4 is 5.69 Å². The van der Waals surface area contributed by atoms with Gasteiger partial charge in [0.2, 0.25) is 6.79 Å². The number of nitro benzene ring substituents is 1. The lowest BCUT2D eigenvalue weighted by atomic mass is 9.93. The van der Waals surface area contributed by atoms with Crippen LogP contribution in [0, 0.1) is 10.1 Å². The van der Waals surface area contributed by atoms with Crippen molar-refractivity contribution < 1.29 is 32.7 Å². The van der Waals surface area contributed by atoms with Gasteiger partial charge in [-0.1, -0.05) is 6.07 Å². The standard InChI is InChI=1S/C19H20F2N2O6/c1-19(2,12-4-5-14-16(7-12)28-10-27-14)22-9-11-6-15(26-3)17(29-18(20)21)8-13(11)23(24)25/h4-8,18,22H,9-10H2,1-3H3. The van der Waals surface area contributed by atoms with E-state index in [9.17, 15) is 18.9 Å². The molecule has 0 bridgehead atoms.